The van der Waals surface area contributed by atoms with E-state index in [4.69, 9.17) is 4.74 Å². The molecule has 0 spiro atoms. The van der Waals surface area contributed by atoms with Crippen LogP contribution in [-0.2, 0) is 6.54 Å². The van der Waals surface area contributed by atoms with Crippen molar-refractivity contribution in [3.05, 3.63) is 77.0 Å². The summed E-state index contributed by atoms with van der Waals surface area (Å²) in [5, 5.41) is 9.62. The van der Waals surface area contributed by atoms with Crippen LogP contribution >= 0.6 is 0 Å². The average molecular weight is 464 g/mol. The summed E-state index contributed by atoms with van der Waals surface area (Å²) in [6.07, 6.45) is -4.36. The Morgan fingerprint density at radius 1 is 1.12 bits per heavy atom. The number of hydrogen-bond acceptors (Lipinski definition) is 4. The van der Waals surface area contributed by atoms with Crippen molar-refractivity contribution in [1.29, 1.82) is 0 Å². The zero-order valence-corrected chi connectivity index (χ0v) is 17.2. The Balaban J connectivity index is 1.73. The first-order valence-corrected chi connectivity index (χ1v) is 9.82. The summed E-state index contributed by atoms with van der Waals surface area (Å²) in [6.45, 7) is -0.257. The van der Waals surface area contributed by atoms with E-state index in [-0.39, 0.29) is 40.4 Å². The van der Waals surface area contributed by atoms with E-state index < -0.39 is 36.4 Å². The Hall–Kier alpha value is -3.53. The van der Waals surface area contributed by atoms with E-state index >= 15 is 0 Å². The van der Waals surface area contributed by atoms with Crippen molar-refractivity contribution in [2.24, 2.45) is 0 Å². The molecule has 1 aromatic heterocycles. The SMILES string of the molecule is C[C@@H](O)c1ccc(N2Cc3c(ccnc3-c3ccc(F)cc3OCC(F)(F)F)C2=O)cc1F. The van der Waals surface area contributed by atoms with Crippen molar-refractivity contribution >= 4 is 11.6 Å². The minimum absolute atomic E-state index is 0.0408. The Bertz CT molecular complexity index is 1230. The quantitative estimate of drug-likeness (QED) is 0.529. The molecule has 0 unspecified atom stereocenters. The van der Waals surface area contributed by atoms with Gasteiger partial charge in [0, 0.05) is 40.2 Å². The lowest BCUT2D eigenvalue weighted by molar-refractivity contribution is -0.153. The summed E-state index contributed by atoms with van der Waals surface area (Å²) in [5.74, 6) is -2.31. The largest absolute Gasteiger partial charge is 0.483 e. The fourth-order valence-electron chi connectivity index (χ4n) is 3.66. The van der Waals surface area contributed by atoms with Gasteiger partial charge in [-0.05, 0) is 37.3 Å². The number of alkyl halides is 3. The van der Waals surface area contributed by atoms with Crippen LogP contribution in [-0.4, -0.2) is 28.8 Å². The molecule has 2 heterocycles. The highest BCUT2D eigenvalue weighted by atomic mass is 19.4. The molecule has 0 bridgehead atoms. The Labute approximate surface area is 185 Å². The van der Waals surface area contributed by atoms with Gasteiger partial charge < -0.3 is 14.7 Å². The number of nitrogens with zero attached hydrogens (tertiary/aromatic N) is 2. The molecule has 0 aliphatic carbocycles. The summed E-state index contributed by atoms with van der Waals surface area (Å²) in [4.78, 5) is 18.5. The van der Waals surface area contributed by atoms with Gasteiger partial charge in [0.1, 0.15) is 17.4 Å². The third-order valence-electron chi connectivity index (χ3n) is 5.18. The highest BCUT2D eigenvalue weighted by Gasteiger charge is 2.33. The van der Waals surface area contributed by atoms with Crippen LogP contribution in [0.15, 0.2) is 48.7 Å². The first-order valence-electron chi connectivity index (χ1n) is 9.82. The van der Waals surface area contributed by atoms with Crippen LogP contribution < -0.4 is 9.64 Å². The van der Waals surface area contributed by atoms with Gasteiger partial charge in [0.15, 0.2) is 6.61 Å². The number of anilines is 1. The third-order valence-corrected chi connectivity index (χ3v) is 5.18. The maximum Gasteiger partial charge on any atom is 0.422 e. The number of halogens is 5. The lowest BCUT2D eigenvalue weighted by Crippen LogP contribution is -2.23. The van der Waals surface area contributed by atoms with E-state index in [1.54, 1.807) is 0 Å². The molecule has 0 fully saturated rings. The van der Waals surface area contributed by atoms with Crippen molar-refractivity contribution in [3.8, 4) is 17.0 Å². The molecule has 0 saturated carbocycles. The second-order valence-corrected chi connectivity index (χ2v) is 7.50. The first kappa shape index (κ1) is 22.7. The molecular formula is C23H17F5N2O3. The molecule has 0 saturated heterocycles. The fraction of sp³-hybridized carbons (Fsp3) is 0.217. The van der Waals surface area contributed by atoms with Gasteiger partial charge in [0.25, 0.3) is 5.91 Å². The zero-order chi connectivity index (χ0) is 23.9. The standard InChI is InChI=1S/C23H17F5N2O3/c1-12(31)15-5-3-14(9-19(15)25)30-10-18-16(22(30)32)6-7-29-21(18)17-4-2-13(24)8-20(17)33-11-23(26,27)28/h2-9,12,31H,10-11H2,1H3/t12-/m1/s1. The number of fused-ring (bicyclic) bond motifs is 1. The van der Waals surface area contributed by atoms with Crippen molar-refractivity contribution < 1.29 is 36.6 Å². The van der Waals surface area contributed by atoms with Gasteiger partial charge in [0.2, 0.25) is 0 Å². The Morgan fingerprint density at radius 3 is 2.55 bits per heavy atom. The summed E-state index contributed by atoms with van der Waals surface area (Å²) in [6, 6.07) is 8.52. The van der Waals surface area contributed by atoms with Crippen LogP contribution in [0.25, 0.3) is 11.3 Å². The molecule has 1 amide bonds. The number of aliphatic hydroxyl groups excluding tert-OH is 1. The number of hydrogen-bond donors (Lipinski definition) is 1. The highest BCUT2D eigenvalue weighted by molar-refractivity contribution is 6.11. The molecule has 2 aromatic carbocycles. The van der Waals surface area contributed by atoms with Gasteiger partial charge in [0.05, 0.1) is 18.3 Å². The number of aromatic nitrogens is 1. The van der Waals surface area contributed by atoms with Gasteiger partial charge in [-0.3, -0.25) is 9.78 Å². The van der Waals surface area contributed by atoms with E-state index in [9.17, 15) is 31.9 Å². The number of benzene rings is 2. The van der Waals surface area contributed by atoms with Gasteiger partial charge in [-0.1, -0.05) is 6.07 Å². The van der Waals surface area contributed by atoms with Crippen molar-refractivity contribution in [2.45, 2.75) is 25.7 Å². The second-order valence-electron chi connectivity index (χ2n) is 7.50. The number of ether oxygens (including phenoxy) is 1. The number of aliphatic hydroxyl groups is 1. The lowest BCUT2D eigenvalue weighted by Gasteiger charge is -2.18. The van der Waals surface area contributed by atoms with Crippen LogP contribution in [0.4, 0.5) is 27.6 Å². The van der Waals surface area contributed by atoms with E-state index in [2.05, 4.69) is 4.98 Å². The van der Waals surface area contributed by atoms with Crippen molar-refractivity contribution in [1.82, 2.24) is 4.98 Å². The van der Waals surface area contributed by atoms with Crippen molar-refractivity contribution in [3.63, 3.8) is 0 Å². The molecule has 10 heteroatoms. The number of rotatable bonds is 5. The number of pyridine rings is 1. The third kappa shape index (κ3) is 4.51. The highest BCUT2D eigenvalue weighted by Crippen LogP contribution is 2.38. The molecule has 33 heavy (non-hydrogen) atoms. The molecule has 1 aliphatic rings. The molecule has 5 nitrogen and oxygen atoms in total. The monoisotopic (exact) mass is 464 g/mol. The van der Waals surface area contributed by atoms with Crippen molar-refractivity contribution in [2.75, 3.05) is 11.5 Å². The average Bonchev–Trinajstić information content (AvgIpc) is 3.08. The van der Waals surface area contributed by atoms with Crippen LogP contribution in [0.1, 0.15) is 34.5 Å². The molecular weight excluding hydrogens is 447 g/mol. The molecule has 1 atom stereocenters. The molecule has 3 aromatic rings. The fourth-order valence-corrected chi connectivity index (χ4v) is 3.66. The van der Waals surface area contributed by atoms with E-state index in [1.165, 1.54) is 42.3 Å². The smallest absolute Gasteiger partial charge is 0.422 e. The maximum atomic E-state index is 14.4. The molecule has 4 rings (SSSR count). The normalized spacial score (nSPS) is 14.4. The minimum atomic E-state index is -4.63. The predicted octanol–water partition coefficient (Wildman–Crippen LogP) is 5.18. The summed E-state index contributed by atoms with van der Waals surface area (Å²) >= 11 is 0. The van der Waals surface area contributed by atoms with Gasteiger partial charge in [-0.25, -0.2) is 8.78 Å². The van der Waals surface area contributed by atoms with Gasteiger partial charge in [-0.15, -0.1) is 0 Å². The summed E-state index contributed by atoms with van der Waals surface area (Å²) < 4.78 is 70.9. The molecule has 172 valence electrons. The van der Waals surface area contributed by atoms with E-state index in [0.717, 1.165) is 18.2 Å². The number of carbonyl (C=O) groups excluding carboxylic acids is 1. The lowest BCUT2D eigenvalue weighted by atomic mass is 10.0. The van der Waals surface area contributed by atoms with Gasteiger partial charge >= 0.3 is 6.18 Å². The Kier molecular flexibility index (Phi) is 5.79. The second kappa shape index (κ2) is 8.43. The van der Waals surface area contributed by atoms with Crippen LogP contribution in [0, 0.1) is 11.6 Å². The predicted molar refractivity (Wildman–Crippen MR) is 109 cm³/mol. The molecule has 1 aliphatic heterocycles. The van der Waals surface area contributed by atoms with E-state index in [1.807, 2.05) is 0 Å². The first-order chi connectivity index (χ1) is 15.5. The number of carbonyl (C=O) groups is 1. The molecule has 0 radical (unpaired) electrons. The topological polar surface area (TPSA) is 62.7 Å². The summed E-state index contributed by atoms with van der Waals surface area (Å²) in [5.41, 5.74) is 1.15. The van der Waals surface area contributed by atoms with Crippen LogP contribution in [0.2, 0.25) is 0 Å². The van der Waals surface area contributed by atoms with Gasteiger partial charge in [-0.2, -0.15) is 13.2 Å². The molecule has 1 N–H and O–H groups in total. The van der Waals surface area contributed by atoms with E-state index in [0.29, 0.717) is 5.56 Å². The summed E-state index contributed by atoms with van der Waals surface area (Å²) in [7, 11) is 0. The number of amides is 1. The van der Waals surface area contributed by atoms with Crippen LogP contribution in [0.3, 0.4) is 0 Å². The minimum Gasteiger partial charge on any atom is -0.483 e. The van der Waals surface area contributed by atoms with Crippen LogP contribution in [0.5, 0.6) is 5.75 Å². The zero-order valence-electron chi connectivity index (χ0n) is 17.2. The maximum absolute atomic E-state index is 14.4. The Morgan fingerprint density at radius 2 is 1.88 bits per heavy atom.